The summed E-state index contributed by atoms with van der Waals surface area (Å²) in [5.41, 5.74) is 4.58. The molecule has 5 heterocycles. The maximum atomic E-state index is 12.7. The number of nitrogens with zero attached hydrogens (tertiary/aromatic N) is 4. The maximum Gasteiger partial charge on any atom is 0.255 e. The molecule has 0 unspecified atom stereocenters. The van der Waals surface area contributed by atoms with Crippen molar-refractivity contribution < 1.29 is 0 Å². The van der Waals surface area contributed by atoms with Gasteiger partial charge in [-0.1, -0.05) is 17.7 Å². The standard InChI is InChI=1S/C20H18ClN5OS/c1-12-16(26-9-13(21)4-5-18(26)22-12)11-25-7-6-15-14(10-25)20(27)24-19(23-15)17-3-2-8-28-17/h2-5,8-9H,6-7,10-11H2,1H3,(H,23,24,27). The lowest BCUT2D eigenvalue weighted by Crippen LogP contribution is -2.35. The Bertz CT molecular complexity index is 1230. The van der Waals surface area contributed by atoms with Crippen LogP contribution in [0.3, 0.4) is 0 Å². The Hall–Kier alpha value is -2.48. The van der Waals surface area contributed by atoms with E-state index in [1.165, 1.54) is 0 Å². The van der Waals surface area contributed by atoms with E-state index < -0.39 is 0 Å². The second-order valence-electron chi connectivity index (χ2n) is 7.00. The van der Waals surface area contributed by atoms with Crippen LogP contribution < -0.4 is 5.56 Å². The fourth-order valence-electron chi connectivity index (χ4n) is 3.73. The Kier molecular flexibility index (Phi) is 4.30. The van der Waals surface area contributed by atoms with E-state index in [9.17, 15) is 4.79 Å². The number of nitrogens with one attached hydrogen (secondary N) is 1. The largest absolute Gasteiger partial charge is 0.306 e. The number of halogens is 1. The summed E-state index contributed by atoms with van der Waals surface area (Å²) in [6.45, 7) is 4.14. The van der Waals surface area contributed by atoms with Gasteiger partial charge in [-0.05, 0) is 30.5 Å². The smallest absolute Gasteiger partial charge is 0.255 e. The molecular formula is C20H18ClN5OS. The predicted octanol–water partition coefficient (Wildman–Crippen LogP) is 3.67. The fourth-order valence-corrected chi connectivity index (χ4v) is 4.56. The molecule has 0 aliphatic carbocycles. The van der Waals surface area contributed by atoms with Gasteiger partial charge in [0.25, 0.3) is 5.56 Å². The van der Waals surface area contributed by atoms with Crippen LogP contribution in [0.15, 0.2) is 40.6 Å². The molecule has 28 heavy (non-hydrogen) atoms. The van der Waals surface area contributed by atoms with Crippen LogP contribution in [-0.2, 0) is 19.5 Å². The van der Waals surface area contributed by atoms with Crippen LogP contribution >= 0.6 is 22.9 Å². The van der Waals surface area contributed by atoms with Crippen LogP contribution in [-0.4, -0.2) is 30.8 Å². The SMILES string of the molecule is Cc1nc2ccc(Cl)cn2c1CN1CCc2nc(-c3cccs3)[nH]c(=O)c2C1. The highest BCUT2D eigenvalue weighted by Crippen LogP contribution is 2.24. The highest BCUT2D eigenvalue weighted by molar-refractivity contribution is 7.13. The van der Waals surface area contributed by atoms with Crippen molar-refractivity contribution in [3.8, 4) is 10.7 Å². The monoisotopic (exact) mass is 411 g/mol. The summed E-state index contributed by atoms with van der Waals surface area (Å²) in [7, 11) is 0. The van der Waals surface area contributed by atoms with Gasteiger partial charge in [0.1, 0.15) is 5.65 Å². The number of hydrogen-bond acceptors (Lipinski definition) is 5. The van der Waals surface area contributed by atoms with Crippen LogP contribution in [0.1, 0.15) is 22.6 Å². The first-order valence-electron chi connectivity index (χ1n) is 9.10. The fraction of sp³-hybridized carbons (Fsp3) is 0.250. The van der Waals surface area contributed by atoms with Crippen LogP contribution in [0.25, 0.3) is 16.3 Å². The van der Waals surface area contributed by atoms with Gasteiger partial charge in [-0.15, -0.1) is 11.3 Å². The Morgan fingerprint density at radius 1 is 1.29 bits per heavy atom. The lowest BCUT2D eigenvalue weighted by atomic mass is 10.1. The quantitative estimate of drug-likeness (QED) is 0.558. The molecule has 0 amide bonds. The normalized spacial score (nSPS) is 14.5. The van der Waals surface area contributed by atoms with Gasteiger partial charge in [0.2, 0.25) is 0 Å². The third-order valence-corrected chi connectivity index (χ3v) is 6.26. The minimum absolute atomic E-state index is 0.0454. The minimum Gasteiger partial charge on any atom is -0.306 e. The third-order valence-electron chi connectivity index (χ3n) is 5.16. The molecular weight excluding hydrogens is 394 g/mol. The first-order chi connectivity index (χ1) is 13.6. The molecule has 0 spiro atoms. The van der Waals surface area contributed by atoms with Crippen molar-refractivity contribution in [2.75, 3.05) is 6.54 Å². The Balaban J connectivity index is 1.45. The number of hydrogen-bond donors (Lipinski definition) is 1. The highest BCUT2D eigenvalue weighted by atomic mass is 35.5. The van der Waals surface area contributed by atoms with E-state index in [1.807, 2.05) is 47.2 Å². The molecule has 1 aliphatic heterocycles. The number of aryl methyl sites for hydroxylation is 1. The lowest BCUT2D eigenvalue weighted by molar-refractivity contribution is 0.238. The van der Waals surface area contributed by atoms with Crippen LogP contribution in [0, 0.1) is 6.92 Å². The molecule has 5 rings (SSSR count). The van der Waals surface area contributed by atoms with E-state index in [-0.39, 0.29) is 5.56 Å². The summed E-state index contributed by atoms with van der Waals surface area (Å²) in [6.07, 6.45) is 2.65. The van der Waals surface area contributed by atoms with E-state index >= 15 is 0 Å². The van der Waals surface area contributed by atoms with Crippen LogP contribution in [0.2, 0.25) is 5.02 Å². The summed E-state index contributed by atoms with van der Waals surface area (Å²) < 4.78 is 2.04. The summed E-state index contributed by atoms with van der Waals surface area (Å²) in [5, 5.41) is 2.66. The van der Waals surface area contributed by atoms with Gasteiger partial charge < -0.3 is 9.38 Å². The molecule has 0 atom stereocenters. The van der Waals surface area contributed by atoms with E-state index in [0.717, 1.165) is 46.1 Å². The number of fused-ring (bicyclic) bond motifs is 2. The zero-order valence-corrected chi connectivity index (χ0v) is 16.8. The molecule has 0 bridgehead atoms. The van der Waals surface area contributed by atoms with Crippen LogP contribution in [0.5, 0.6) is 0 Å². The van der Waals surface area contributed by atoms with Crippen LogP contribution in [0.4, 0.5) is 0 Å². The van der Waals surface area contributed by atoms with Crippen molar-refractivity contribution in [1.82, 2.24) is 24.3 Å². The van der Waals surface area contributed by atoms with Gasteiger partial charge in [-0.2, -0.15) is 0 Å². The molecule has 4 aromatic rings. The summed E-state index contributed by atoms with van der Waals surface area (Å²) in [5.74, 6) is 0.666. The van der Waals surface area contributed by atoms with Crippen molar-refractivity contribution in [3.63, 3.8) is 0 Å². The van der Waals surface area contributed by atoms with Gasteiger partial charge in [0.15, 0.2) is 5.82 Å². The molecule has 0 saturated carbocycles. The molecule has 6 nitrogen and oxygen atoms in total. The molecule has 4 aromatic heterocycles. The molecule has 142 valence electrons. The van der Waals surface area contributed by atoms with Crippen molar-refractivity contribution >= 4 is 28.6 Å². The summed E-state index contributed by atoms with van der Waals surface area (Å²) in [6, 6.07) is 7.71. The second kappa shape index (κ2) is 6.84. The van der Waals surface area contributed by atoms with Crippen molar-refractivity contribution in [2.45, 2.75) is 26.4 Å². The van der Waals surface area contributed by atoms with Gasteiger partial charge in [-0.25, -0.2) is 9.97 Å². The zero-order valence-electron chi connectivity index (χ0n) is 15.3. The molecule has 0 fully saturated rings. The maximum absolute atomic E-state index is 12.7. The van der Waals surface area contributed by atoms with E-state index in [2.05, 4.69) is 14.9 Å². The van der Waals surface area contributed by atoms with Gasteiger partial charge >= 0.3 is 0 Å². The number of rotatable bonds is 3. The number of aromatic amines is 1. The number of H-pyrrole nitrogens is 1. The Morgan fingerprint density at radius 2 is 2.18 bits per heavy atom. The van der Waals surface area contributed by atoms with Crippen molar-refractivity contribution in [1.29, 1.82) is 0 Å². The zero-order chi connectivity index (χ0) is 19.3. The second-order valence-corrected chi connectivity index (χ2v) is 8.38. The summed E-state index contributed by atoms with van der Waals surface area (Å²) in [4.78, 5) is 28.2. The molecule has 1 N–H and O–H groups in total. The van der Waals surface area contributed by atoms with E-state index in [1.54, 1.807) is 11.3 Å². The molecule has 0 aromatic carbocycles. The average Bonchev–Trinajstić information content (AvgIpc) is 3.31. The average molecular weight is 412 g/mol. The van der Waals surface area contributed by atoms with Crippen molar-refractivity contribution in [2.24, 2.45) is 0 Å². The topological polar surface area (TPSA) is 66.3 Å². The van der Waals surface area contributed by atoms with Gasteiger partial charge in [-0.3, -0.25) is 9.69 Å². The molecule has 0 saturated heterocycles. The first-order valence-corrected chi connectivity index (χ1v) is 10.4. The summed E-state index contributed by atoms with van der Waals surface area (Å²) >= 11 is 7.75. The number of imidazole rings is 1. The van der Waals surface area contributed by atoms with E-state index in [0.29, 0.717) is 23.9 Å². The van der Waals surface area contributed by atoms with Gasteiger partial charge in [0, 0.05) is 32.3 Å². The van der Waals surface area contributed by atoms with Gasteiger partial charge in [0.05, 0.1) is 32.5 Å². The minimum atomic E-state index is -0.0454. The molecule has 1 aliphatic rings. The Morgan fingerprint density at radius 3 is 3.00 bits per heavy atom. The number of aromatic nitrogens is 4. The molecule has 0 radical (unpaired) electrons. The predicted molar refractivity (Wildman–Crippen MR) is 111 cm³/mol. The molecule has 8 heteroatoms. The lowest BCUT2D eigenvalue weighted by Gasteiger charge is -2.27. The number of pyridine rings is 1. The Labute approximate surface area is 170 Å². The number of thiophene rings is 1. The van der Waals surface area contributed by atoms with Crippen molar-refractivity contribution in [3.05, 3.63) is 73.9 Å². The van der Waals surface area contributed by atoms with E-state index in [4.69, 9.17) is 16.6 Å². The highest BCUT2D eigenvalue weighted by Gasteiger charge is 2.23. The third kappa shape index (κ3) is 3.05. The first kappa shape index (κ1) is 17.6.